The van der Waals surface area contributed by atoms with Gasteiger partial charge in [0, 0.05) is 5.56 Å². The van der Waals surface area contributed by atoms with Crippen LogP contribution >= 0.6 is 0 Å². The Morgan fingerprint density at radius 2 is 1.81 bits per heavy atom. The Balaban J connectivity index is 2.65. The summed E-state index contributed by atoms with van der Waals surface area (Å²) in [6.07, 6.45) is -4.61. The molecule has 0 atom stereocenters. The van der Waals surface area contributed by atoms with Gasteiger partial charge in [-0.15, -0.1) is 0 Å². The zero-order chi connectivity index (χ0) is 15.8. The van der Waals surface area contributed by atoms with E-state index >= 15 is 0 Å². The fraction of sp³-hybridized carbons (Fsp3) is 0.0833. The van der Waals surface area contributed by atoms with Crippen LogP contribution in [0.15, 0.2) is 39.6 Å². The highest BCUT2D eigenvalue weighted by Crippen LogP contribution is 2.37. The Hall–Kier alpha value is -2.13. The Morgan fingerprint density at radius 3 is 2.29 bits per heavy atom. The first-order chi connectivity index (χ1) is 9.63. The van der Waals surface area contributed by atoms with Crippen molar-refractivity contribution in [2.24, 2.45) is 0 Å². The van der Waals surface area contributed by atoms with Gasteiger partial charge in [0.05, 0.1) is 5.56 Å². The molecule has 21 heavy (non-hydrogen) atoms. The highest BCUT2D eigenvalue weighted by atomic mass is 32.2. The second-order valence-corrected chi connectivity index (χ2v) is 5.39. The van der Waals surface area contributed by atoms with E-state index in [1.807, 2.05) is 0 Å². The molecule has 1 heterocycles. The van der Waals surface area contributed by atoms with Crippen LogP contribution in [0, 0.1) is 0 Å². The van der Waals surface area contributed by atoms with E-state index in [2.05, 4.69) is 0 Å². The SMILES string of the molecule is O=Cc1ccc(-c2ccc(S(=O)(=O)O)c(C(F)(F)F)c2)o1. The quantitative estimate of drug-likeness (QED) is 0.694. The minimum atomic E-state index is -5.02. The molecule has 0 radical (unpaired) electrons. The molecule has 112 valence electrons. The molecule has 0 spiro atoms. The fourth-order valence-electron chi connectivity index (χ4n) is 1.70. The van der Waals surface area contributed by atoms with E-state index in [1.54, 1.807) is 0 Å². The van der Waals surface area contributed by atoms with Crippen molar-refractivity contribution < 1.29 is 35.4 Å². The summed E-state index contributed by atoms with van der Waals surface area (Å²) in [5.74, 6) is -0.123. The molecule has 0 amide bonds. The predicted molar refractivity (Wildman–Crippen MR) is 64.3 cm³/mol. The minimum absolute atomic E-state index is 0.0375. The lowest BCUT2D eigenvalue weighted by Crippen LogP contribution is -2.12. The molecular formula is C12H7F3O5S. The van der Waals surface area contributed by atoms with E-state index in [0.29, 0.717) is 18.4 Å². The largest absolute Gasteiger partial charge is 0.453 e. The summed E-state index contributed by atoms with van der Waals surface area (Å²) in [5, 5.41) is 0. The van der Waals surface area contributed by atoms with Gasteiger partial charge >= 0.3 is 6.18 Å². The number of rotatable bonds is 3. The Morgan fingerprint density at radius 1 is 1.14 bits per heavy atom. The summed E-state index contributed by atoms with van der Waals surface area (Å²) < 4.78 is 74.4. The molecule has 1 aromatic carbocycles. The van der Waals surface area contributed by atoms with Crippen LogP contribution in [0.25, 0.3) is 11.3 Å². The molecule has 0 unspecified atom stereocenters. The first kappa shape index (κ1) is 15.3. The third-order valence-electron chi connectivity index (χ3n) is 2.59. The van der Waals surface area contributed by atoms with Crippen molar-refractivity contribution in [2.45, 2.75) is 11.1 Å². The summed E-state index contributed by atoms with van der Waals surface area (Å²) in [5.41, 5.74) is -1.60. The maximum Gasteiger partial charge on any atom is 0.417 e. The van der Waals surface area contributed by atoms with Crippen molar-refractivity contribution in [1.29, 1.82) is 0 Å². The standard InChI is InChI=1S/C12H7F3O5S/c13-12(14,15)9-5-7(1-4-11(9)21(17,18)19)10-3-2-8(6-16)20-10/h1-6H,(H,17,18,19). The van der Waals surface area contributed by atoms with Gasteiger partial charge in [-0.25, -0.2) is 0 Å². The van der Waals surface area contributed by atoms with Gasteiger partial charge in [-0.05, 0) is 30.3 Å². The van der Waals surface area contributed by atoms with Crippen LogP contribution in [0.3, 0.4) is 0 Å². The molecule has 0 saturated heterocycles. The summed E-state index contributed by atoms with van der Waals surface area (Å²) in [6, 6.07) is 4.71. The maximum absolute atomic E-state index is 12.9. The zero-order valence-electron chi connectivity index (χ0n) is 10.1. The number of alkyl halides is 3. The molecule has 1 N–H and O–H groups in total. The molecular weight excluding hydrogens is 313 g/mol. The number of hydrogen-bond acceptors (Lipinski definition) is 4. The number of benzene rings is 1. The lowest BCUT2D eigenvalue weighted by Gasteiger charge is -2.12. The molecule has 0 fully saturated rings. The van der Waals surface area contributed by atoms with Crippen LogP contribution in [0.2, 0.25) is 0 Å². The first-order valence-electron chi connectivity index (χ1n) is 5.37. The molecule has 9 heteroatoms. The van der Waals surface area contributed by atoms with Crippen molar-refractivity contribution in [3.8, 4) is 11.3 Å². The van der Waals surface area contributed by atoms with Gasteiger partial charge in [0.1, 0.15) is 10.7 Å². The van der Waals surface area contributed by atoms with Crippen LogP contribution in [0.1, 0.15) is 16.1 Å². The highest BCUT2D eigenvalue weighted by Gasteiger charge is 2.37. The fourth-order valence-corrected chi connectivity index (χ4v) is 2.39. The smallest absolute Gasteiger partial charge is 0.417 e. The zero-order valence-corrected chi connectivity index (χ0v) is 10.9. The van der Waals surface area contributed by atoms with Crippen LogP contribution in [0.4, 0.5) is 13.2 Å². The van der Waals surface area contributed by atoms with Gasteiger partial charge in [-0.3, -0.25) is 9.35 Å². The molecule has 0 aliphatic carbocycles. The number of hydrogen-bond donors (Lipinski definition) is 1. The molecule has 0 aliphatic rings. The molecule has 0 saturated carbocycles. The van der Waals surface area contributed by atoms with Crippen LogP contribution < -0.4 is 0 Å². The third-order valence-corrected chi connectivity index (χ3v) is 3.50. The number of aldehydes is 1. The van der Waals surface area contributed by atoms with Crippen molar-refractivity contribution >= 4 is 16.4 Å². The lowest BCUT2D eigenvalue weighted by molar-refractivity contribution is -0.139. The highest BCUT2D eigenvalue weighted by molar-refractivity contribution is 7.85. The maximum atomic E-state index is 12.9. The summed E-state index contributed by atoms with van der Waals surface area (Å²) in [7, 11) is -5.02. The molecule has 0 bridgehead atoms. The van der Waals surface area contributed by atoms with Gasteiger partial charge in [0.25, 0.3) is 10.1 Å². The minimum Gasteiger partial charge on any atom is -0.453 e. The first-order valence-corrected chi connectivity index (χ1v) is 6.81. The van der Waals surface area contributed by atoms with Gasteiger partial charge in [-0.2, -0.15) is 21.6 Å². The predicted octanol–water partition coefficient (Wildman–Crippen LogP) is 3.02. The topological polar surface area (TPSA) is 84.6 Å². The number of furan rings is 1. The van der Waals surface area contributed by atoms with Gasteiger partial charge in [-0.1, -0.05) is 0 Å². The monoisotopic (exact) mass is 320 g/mol. The van der Waals surface area contributed by atoms with Gasteiger partial charge in [0.15, 0.2) is 12.0 Å². The van der Waals surface area contributed by atoms with Crippen LogP contribution in [-0.4, -0.2) is 19.3 Å². The van der Waals surface area contributed by atoms with E-state index in [0.717, 1.165) is 6.07 Å². The number of carbonyl (C=O) groups excluding carboxylic acids is 1. The molecule has 2 rings (SSSR count). The van der Waals surface area contributed by atoms with Crippen molar-refractivity contribution in [3.05, 3.63) is 41.7 Å². The van der Waals surface area contributed by atoms with Crippen molar-refractivity contribution in [1.82, 2.24) is 0 Å². The second kappa shape index (κ2) is 5.01. The average Bonchev–Trinajstić information content (AvgIpc) is 2.84. The number of carbonyl (C=O) groups is 1. The van der Waals surface area contributed by atoms with Crippen LogP contribution in [-0.2, 0) is 16.3 Å². The van der Waals surface area contributed by atoms with E-state index in [4.69, 9.17) is 8.97 Å². The second-order valence-electron chi connectivity index (χ2n) is 4.00. The lowest BCUT2D eigenvalue weighted by atomic mass is 10.1. The normalized spacial score (nSPS) is 12.4. The Kier molecular flexibility index (Phi) is 3.64. The Bertz CT molecular complexity index is 789. The molecule has 0 aliphatic heterocycles. The summed E-state index contributed by atoms with van der Waals surface area (Å²) in [6.45, 7) is 0. The van der Waals surface area contributed by atoms with E-state index in [9.17, 15) is 26.4 Å². The molecule has 1 aromatic heterocycles. The van der Waals surface area contributed by atoms with Crippen molar-refractivity contribution in [3.63, 3.8) is 0 Å². The molecule has 5 nitrogen and oxygen atoms in total. The average molecular weight is 320 g/mol. The summed E-state index contributed by atoms with van der Waals surface area (Å²) in [4.78, 5) is 9.23. The van der Waals surface area contributed by atoms with E-state index in [-0.39, 0.29) is 17.1 Å². The van der Waals surface area contributed by atoms with E-state index < -0.39 is 26.8 Å². The summed E-state index contributed by atoms with van der Waals surface area (Å²) >= 11 is 0. The molecule has 2 aromatic rings. The van der Waals surface area contributed by atoms with Gasteiger partial charge in [0.2, 0.25) is 0 Å². The third kappa shape index (κ3) is 3.14. The Labute approximate surface area is 116 Å². The van der Waals surface area contributed by atoms with E-state index in [1.165, 1.54) is 12.1 Å². The number of halogens is 3. The van der Waals surface area contributed by atoms with Crippen molar-refractivity contribution in [2.75, 3.05) is 0 Å². The van der Waals surface area contributed by atoms with Gasteiger partial charge < -0.3 is 4.42 Å². The van der Waals surface area contributed by atoms with Crippen LogP contribution in [0.5, 0.6) is 0 Å².